The molecule has 59 heavy (non-hydrogen) atoms. The first-order chi connectivity index (χ1) is 27.5. The van der Waals surface area contributed by atoms with Crippen molar-refractivity contribution in [2.45, 2.75) is 20.0 Å². The first-order valence-electron chi connectivity index (χ1n) is 15.8. The Morgan fingerprint density at radius 3 is 0.864 bits per heavy atom. The third-order valence-electron chi connectivity index (χ3n) is 8.70. The number of halogens is 20. The van der Waals surface area contributed by atoms with Crippen LogP contribution in [0.15, 0.2) is 42.6 Å². The Kier molecular flexibility index (Phi) is 11.9. The highest BCUT2D eigenvalue weighted by molar-refractivity contribution is 7.20. The Bertz CT molecular complexity index is 2300. The van der Waals surface area contributed by atoms with Gasteiger partial charge in [0.15, 0.2) is 75.9 Å². The van der Waals surface area contributed by atoms with E-state index in [1.54, 1.807) is 0 Å². The van der Waals surface area contributed by atoms with Crippen LogP contribution in [0.5, 0.6) is 0 Å². The zero-order valence-electron chi connectivity index (χ0n) is 28.6. The van der Waals surface area contributed by atoms with Crippen LogP contribution in [0.2, 0.25) is 0 Å². The van der Waals surface area contributed by atoms with E-state index in [9.17, 15) is 52.7 Å². The molecule has 0 saturated heterocycles. The van der Waals surface area contributed by atoms with E-state index >= 15 is 35.1 Å². The highest BCUT2D eigenvalue weighted by atomic mass is 19.2. The molecule has 0 amide bonds. The fourth-order valence-corrected chi connectivity index (χ4v) is 6.33. The number of benzene rings is 5. The molecule has 6 rings (SSSR count). The van der Waals surface area contributed by atoms with Gasteiger partial charge in [-0.3, -0.25) is 4.84 Å². The van der Waals surface area contributed by atoms with Crippen molar-refractivity contribution >= 4 is 38.9 Å². The van der Waals surface area contributed by atoms with Gasteiger partial charge < -0.3 is 0 Å². The summed E-state index contributed by atoms with van der Waals surface area (Å²) in [6, 6.07) is 12.2. The fraction of sp³-hybridized carbons (Fsp3) is 0.0833. The third kappa shape index (κ3) is 6.72. The molecule has 0 spiro atoms. The molecular formula is C36H14BF20NO. The zero-order chi connectivity index (χ0) is 44.3. The van der Waals surface area contributed by atoms with Gasteiger partial charge in [0.25, 0.3) is 5.52 Å². The summed E-state index contributed by atoms with van der Waals surface area (Å²) < 4.78 is 296. The van der Waals surface area contributed by atoms with Crippen molar-refractivity contribution in [2.24, 2.45) is 0 Å². The van der Waals surface area contributed by atoms with Gasteiger partial charge in [-0.1, -0.05) is 12.1 Å². The lowest BCUT2D eigenvalue weighted by molar-refractivity contribution is -0.878. The maximum absolute atomic E-state index is 15.4. The van der Waals surface area contributed by atoms with Crippen LogP contribution in [0.3, 0.4) is 0 Å². The summed E-state index contributed by atoms with van der Waals surface area (Å²) in [5.41, 5.74) is -13.2. The maximum atomic E-state index is 15.4. The van der Waals surface area contributed by atoms with Crippen molar-refractivity contribution < 1.29 is 97.4 Å². The standard InChI is InChI=1S/C24BF20.C12H14NO/c26-5-1(6(27)14(35)21(42)13(5)34)25(2-7(28)15(36)22(43)16(37)8(2)29,3-9(30)17(38)23(44)18(39)10(3)31)4-11(32)19(40)24(45)20(41)12(4)33;1-10(2)14-13-9-5-7-11-6-3-4-8-12(11)13/h;3-10H,1-2H3/q-1;+1. The van der Waals surface area contributed by atoms with Crippen LogP contribution in [0, 0.1) is 116 Å². The maximum Gasteiger partial charge on any atom is 0.264 e. The molecule has 0 radical (unpaired) electrons. The van der Waals surface area contributed by atoms with Crippen molar-refractivity contribution in [3.8, 4) is 0 Å². The minimum Gasteiger partial charge on any atom is -0.268 e. The fourth-order valence-electron chi connectivity index (χ4n) is 6.33. The summed E-state index contributed by atoms with van der Waals surface area (Å²) in [6.45, 7) is 4.05. The van der Waals surface area contributed by atoms with E-state index in [4.69, 9.17) is 4.84 Å². The van der Waals surface area contributed by atoms with Gasteiger partial charge in [-0.15, -0.1) is 21.9 Å². The molecular weight excluding hydrogens is 853 g/mol. The summed E-state index contributed by atoms with van der Waals surface area (Å²) in [7, 11) is 0. The van der Waals surface area contributed by atoms with E-state index in [0.717, 1.165) is 5.52 Å². The Hall–Kier alpha value is -6.03. The Morgan fingerprint density at radius 1 is 0.356 bits per heavy atom. The Morgan fingerprint density at radius 2 is 0.593 bits per heavy atom. The molecule has 0 bridgehead atoms. The van der Waals surface area contributed by atoms with Gasteiger partial charge in [0.05, 0.1) is 5.39 Å². The van der Waals surface area contributed by atoms with Crippen LogP contribution in [-0.2, 0) is 0 Å². The summed E-state index contributed by atoms with van der Waals surface area (Å²) in [5, 5.41) is 1.19. The molecule has 23 heteroatoms. The van der Waals surface area contributed by atoms with Gasteiger partial charge in [-0.05, 0) is 26.0 Å². The first-order valence-corrected chi connectivity index (χ1v) is 15.8. The van der Waals surface area contributed by atoms with E-state index in [-0.39, 0.29) is 6.10 Å². The second kappa shape index (κ2) is 16.0. The Balaban J connectivity index is 0.000000395. The number of nitrogens with zero attached hydrogens (tertiary/aromatic N) is 1. The van der Waals surface area contributed by atoms with E-state index < -0.39 is 144 Å². The van der Waals surface area contributed by atoms with Gasteiger partial charge in [0, 0.05) is 16.9 Å². The molecule has 0 unspecified atom stereocenters. The monoisotopic (exact) mass is 867 g/mol. The molecule has 0 fully saturated rings. The number of rotatable bonds is 6. The van der Waals surface area contributed by atoms with Crippen LogP contribution < -0.4 is 31.4 Å². The average molecular weight is 867 g/mol. The highest BCUT2D eigenvalue weighted by Gasteiger charge is 2.52. The van der Waals surface area contributed by atoms with Crippen molar-refractivity contribution in [1.82, 2.24) is 0 Å². The topological polar surface area (TPSA) is 13.1 Å². The summed E-state index contributed by atoms with van der Waals surface area (Å²) in [6.07, 6.45) is -5.10. The van der Waals surface area contributed by atoms with E-state index in [1.807, 2.05) is 43.0 Å². The van der Waals surface area contributed by atoms with Crippen molar-refractivity contribution in [3.63, 3.8) is 0 Å². The summed E-state index contributed by atoms with van der Waals surface area (Å²) in [4.78, 5) is 5.64. The minimum absolute atomic E-state index is 0.186. The number of fused-ring (bicyclic) bond motifs is 1. The predicted octanol–water partition coefficient (Wildman–Crippen LogP) is 7.81. The molecule has 1 aromatic heterocycles. The molecule has 6 aromatic rings. The quantitative estimate of drug-likeness (QED) is 0.0548. The first kappa shape index (κ1) is 44.1. The largest absolute Gasteiger partial charge is 0.268 e. The van der Waals surface area contributed by atoms with Crippen molar-refractivity contribution in [1.29, 1.82) is 0 Å². The number of hydrogen-bond acceptors (Lipinski definition) is 1. The summed E-state index contributed by atoms with van der Waals surface area (Å²) >= 11 is 0. The number of para-hydroxylation sites is 1. The minimum atomic E-state index is -7.22. The van der Waals surface area contributed by atoms with Gasteiger partial charge >= 0.3 is 0 Å². The van der Waals surface area contributed by atoms with Gasteiger partial charge in [0.2, 0.25) is 6.20 Å². The van der Waals surface area contributed by atoms with Gasteiger partial charge in [-0.25, -0.2) is 87.8 Å². The predicted molar refractivity (Wildman–Crippen MR) is 165 cm³/mol. The number of hydrogen-bond donors (Lipinski definition) is 0. The lowest BCUT2D eigenvalue weighted by Gasteiger charge is -2.44. The normalized spacial score (nSPS) is 11.7. The van der Waals surface area contributed by atoms with Gasteiger partial charge in [-0.2, -0.15) is 0 Å². The second-order valence-electron chi connectivity index (χ2n) is 12.3. The van der Waals surface area contributed by atoms with Gasteiger partial charge in [0.1, 0.15) is 52.7 Å². The third-order valence-corrected chi connectivity index (χ3v) is 8.70. The molecule has 0 aliphatic rings. The number of pyridine rings is 1. The molecule has 0 N–H and O–H groups in total. The van der Waals surface area contributed by atoms with E-state index in [2.05, 4.69) is 18.2 Å². The smallest absolute Gasteiger partial charge is 0.264 e. The lowest BCUT2D eigenvalue weighted by atomic mass is 9.12. The molecule has 0 saturated carbocycles. The van der Waals surface area contributed by atoms with Crippen molar-refractivity contribution in [2.75, 3.05) is 0 Å². The van der Waals surface area contributed by atoms with E-state index in [1.165, 1.54) is 5.39 Å². The van der Waals surface area contributed by atoms with Crippen LogP contribution in [0.4, 0.5) is 87.8 Å². The highest BCUT2D eigenvalue weighted by Crippen LogP contribution is 2.30. The molecule has 0 aliphatic heterocycles. The zero-order valence-corrected chi connectivity index (χ0v) is 28.6. The average Bonchev–Trinajstić information content (AvgIpc) is 3.21. The molecule has 0 atom stereocenters. The van der Waals surface area contributed by atoms with Crippen molar-refractivity contribution in [3.05, 3.63) is 159 Å². The molecule has 0 aliphatic carbocycles. The van der Waals surface area contributed by atoms with Crippen LogP contribution in [0.1, 0.15) is 13.8 Å². The van der Waals surface area contributed by atoms with Crippen LogP contribution in [-0.4, -0.2) is 12.2 Å². The molecule has 1 heterocycles. The molecule has 5 aromatic carbocycles. The van der Waals surface area contributed by atoms with Crippen LogP contribution >= 0.6 is 0 Å². The summed E-state index contributed by atoms with van der Waals surface area (Å²) in [5.74, 6) is -71.4. The second-order valence-corrected chi connectivity index (χ2v) is 12.3. The Labute approximate surface area is 315 Å². The van der Waals surface area contributed by atoms with Crippen LogP contribution in [0.25, 0.3) is 10.9 Å². The molecule has 312 valence electrons. The molecule has 2 nitrogen and oxygen atoms in total. The SMILES string of the molecule is CC(C)O[n+]1cccc2ccccc21.Fc1c(F)c(F)c([B-](c2c(F)c(F)c(F)c(F)c2F)(c2c(F)c(F)c(F)c(F)c2F)c2c(F)c(F)c(F)c(F)c2F)c(F)c1F. The van der Waals surface area contributed by atoms with E-state index in [0.29, 0.717) is 0 Å². The lowest BCUT2D eigenvalue weighted by Crippen LogP contribution is -2.81. The number of aromatic nitrogens is 1.